The third-order valence-electron chi connectivity index (χ3n) is 6.89. The van der Waals surface area contributed by atoms with Gasteiger partial charge in [0, 0.05) is 12.6 Å². The standard InChI is InChI=1S/C31H39N3O5S/c1-6-24(4)32-31(36)28(7-2)33(21-25-17-19-26(39-5)20-18-25)30(35)22-34(29-16-12-11-13-23(29)3)40(37,38)27-14-9-8-10-15-27/h8-20,24,28H,6-7,21-22H2,1-5H3,(H,32,36)/t24-,28+/m0/s1. The van der Waals surface area contributed by atoms with Gasteiger partial charge in [0.15, 0.2) is 0 Å². The number of sulfonamides is 1. The summed E-state index contributed by atoms with van der Waals surface area (Å²) < 4.78 is 34.2. The highest BCUT2D eigenvalue weighted by atomic mass is 32.2. The highest BCUT2D eigenvalue weighted by Gasteiger charge is 2.34. The Hall–Kier alpha value is -3.85. The molecule has 0 unspecified atom stereocenters. The molecular formula is C31H39N3O5S. The van der Waals surface area contributed by atoms with E-state index in [1.54, 1.807) is 62.6 Å². The lowest BCUT2D eigenvalue weighted by atomic mass is 10.1. The van der Waals surface area contributed by atoms with Crippen molar-refractivity contribution in [3.8, 4) is 5.75 Å². The van der Waals surface area contributed by atoms with Gasteiger partial charge in [-0.2, -0.15) is 0 Å². The Morgan fingerprint density at radius 3 is 2.10 bits per heavy atom. The van der Waals surface area contributed by atoms with Crippen LogP contribution in [0, 0.1) is 6.92 Å². The van der Waals surface area contributed by atoms with E-state index in [2.05, 4.69) is 5.32 Å². The monoisotopic (exact) mass is 565 g/mol. The van der Waals surface area contributed by atoms with Crippen LogP contribution >= 0.6 is 0 Å². The van der Waals surface area contributed by atoms with Gasteiger partial charge in [-0.25, -0.2) is 8.42 Å². The van der Waals surface area contributed by atoms with Crippen molar-refractivity contribution in [2.75, 3.05) is 18.0 Å². The molecule has 2 atom stereocenters. The Balaban J connectivity index is 2.05. The van der Waals surface area contributed by atoms with Crippen molar-refractivity contribution >= 4 is 27.5 Å². The van der Waals surface area contributed by atoms with Gasteiger partial charge in [-0.05, 0) is 68.1 Å². The fourth-order valence-electron chi connectivity index (χ4n) is 4.36. The number of benzene rings is 3. The number of hydrogen-bond acceptors (Lipinski definition) is 5. The van der Waals surface area contributed by atoms with Crippen LogP contribution < -0.4 is 14.4 Å². The van der Waals surface area contributed by atoms with Gasteiger partial charge in [0.05, 0.1) is 17.7 Å². The number of rotatable bonds is 13. The van der Waals surface area contributed by atoms with Crippen LogP contribution in [0.25, 0.3) is 0 Å². The second-order valence-corrected chi connectivity index (χ2v) is 11.6. The van der Waals surface area contributed by atoms with Crippen LogP contribution in [0.2, 0.25) is 0 Å². The molecule has 2 amide bonds. The number of carbonyl (C=O) groups excluding carboxylic acids is 2. The van der Waals surface area contributed by atoms with Crippen molar-refractivity contribution in [3.63, 3.8) is 0 Å². The van der Waals surface area contributed by atoms with E-state index in [1.165, 1.54) is 17.0 Å². The topological polar surface area (TPSA) is 96.0 Å². The predicted molar refractivity (Wildman–Crippen MR) is 158 cm³/mol. The van der Waals surface area contributed by atoms with Crippen LogP contribution in [0.3, 0.4) is 0 Å². The number of hydrogen-bond donors (Lipinski definition) is 1. The van der Waals surface area contributed by atoms with Gasteiger partial charge < -0.3 is 15.0 Å². The molecule has 0 aliphatic heterocycles. The zero-order valence-electron chi connectivity index (χ0n) is 23.8. The minimum absolute atomic E-state index is 0.0681. The lowest BCUT2D eigenvalue weighted by Crippen LogP contribution is -2.53. The number of amides is 2. The zero-order chi connectivity index (χ0) is 29.3. The highest BCUT2D eigenvalue weighted by molar-refractivity contribution is 7.92. The van der Waals surface area contributed by atoms with Gasteiger partial charge >= 0.3 is 0 Å². The number of carbonyl (C=O) groups is 2. The van der Waals surface area contributed by atoms with Crippen molar-refractivity contribution in [1.29, 1.82) is 0 Å². The molecule has 1 N–H and O–H groups in total. The first-order valence-corrected chi connectivity index (χ1v) is 14.9. The molecule has 3 aromatic carbocycles. The first kappa shape index (κ1) is 30.7. The van der Waals surface area contributed by atoms with E-state index < -0.39 is 28.5 Å². The van der Waals surface area contributed by atoms with Gasteiger partial charge in [0.1, 0.15) is 18.3 Å². The molecule has 40 heavy (non-hydrogen) atoms. The summed E-state index contributed by atoms with van der Waals surface area (Å²) in [6.07, 6.45) is 1.10. The van der Waals surface area contributed by atoms with E-state index in [1.807, 2.05) is 39.0 Å². The minimum atomic E-state index is -4.09. The molecule has 0 radical (unpaired) electrons. The number of nitrogens with zero attached hydrogens (tertiary/aromatic N) is 2. The molecule has 0 fully saturated rings. The summed E-state index contributed by atoms with van der Waals surface area (Å²) in [7, 11) is -2.52. The number of ether oxygens (including phenoxy) is 1. The van der Waals surface area contributed by atoms with Crippen LogP contribution in [0.15, 0.2) is 83.8 Å². The molecule has 0 spiro atoms. The molecule has 3 aromatic rings. The lowest BCUT2D eigenvalue weighted by Gasteiger charge is -2.34. The van der Waals surface area contributed by atoms with Crippen molar-refractivity contribution < 1.29 is 22.7 Å². The third kappa shape index (κ3) is 7.41. The maximum absolute atomic E-state index is 14.1. The molecule has 0 aliphatic rings. The Morgan fingerprint density at radius 1 is 0.900 bits per heavy atom. The Bertz CT molecular complexity index is 1380. The van der Waals surface area contributed by atoms with Crippen molar-refractivity contribution in [1.82, 2.24) is 10.2 Å². The Labute approximate surface area is 238 Å². The molecule has 8 nitrogen and oxygen atoms in total. The molecule has 9 heteroatoms. The number of para-hydroxylation sites is 1. The molecule has 0 aromatic heterocycles. The van der Waals surface area contributed by atoms with Crippen molar-refractivity contribution in [2.45, 2.75) is 64.1 Å². The van der Waals surface area contributed by atoms with E-state index in [4.69, 9.17) is 4.74 Å². The molecule has 0 saturated heterocycles. The van der Waals surface area contributed by atoms with Crippen LogP contribution in [0.1, 0.15) is 44.7 Å². The van der Waals surface area contributed by atoms with Gasteiger partial charge in [-0.1, -0.05) is 62.4 Å². The summed E-state index contributed by atoms with van der Waals surface area (Å²) in [5.74, 6) is -0.0836. The molecule has 0 heterocycles. The highest BCUT2D eigenvalue weighted by Crippen LogP contribution is 2.27. The number of anilines is 1. The zero-order valence-corrected chi connectivity index (χ0v) is 24.6. The minimum Gasteiger partial charge on any atom is -0.497 e. The normalized spacial score (nSPS) is 12.7. The fraction of sp³-hybridized carbons (Fsp3) is 0.355. The predicted octanol–water partition coefficient (Wildman–Crippen LogP) is 4.92. The van der Waals surface area contributed by atoms with Crippen LogP contribution in [0.4, 0.5) is 5.69 Å². The van der Waals surface area contributed by atoms with Gasteiger partial charge in [-0.15, -0.1) is 0 Å². The number of aryl methyl sites for hydroxylation is 1. The molecule has 0 aliphatic carbocycles. The second-order valence-electron chi connectivity index (χ2n) is 9.72. The lowest BCUT2D eigenvalue weighted by molar-refractivity contribution is -0.140. The van der Waals surface area contributed by atoms with E-state index >= 15 is 0 Å². The molecule has 214 valence electrons. The molecule has 3 rings (SSSR count). The average molecular weight is 566 g/mol. The van der Waals surface area contributed by atoms with Gasteiger partial charge in [0.2, 0.25) is 11.8 Å². The van der Waals surface area contributed by atoms with E-state index in [9.17, 15) is 18.0 Å². The van der Waals surface area contributed by atoms with Crippen LogP contribution in [0.5, 0.6) is 5.75 Å². The van der Waals surface area contributed by atoms with E-state index in [0.717, 1.165) is 16.3 Å². The van der Waals surface area contributed by atoms with E-state index in [0.29, 0.717) is 23.4 Å². The first-order chi connectivity index (χ1) is 19.1. The van der Waals surface area contributed by atoms with Gasteiger partial charge in [0.25, 0.3) is 10.0 Å². The number of methoxy groups -OCH3 is 1. The molecular weight excluding hydrogens is 526 g/mol. The third-order valence-corrected chi connectivity index (χ3v) is 8.67. The Kier molecular flexibility index (Phi) is 10.7. The summed E-state index contributed by atoms with van der Waals surface area (Å²) >= 11 is 0. The maximum Gasteiger partial charge on any atom is 0.264 e. The summed E-state index contributed by atoms with van der Waals surface area (Å²) in [6, 6.07) is 21.5. The van der Waals surface area contributed by atoms with Crippen LogP contribution in [-0.2, 0) is 26.2 Å². The average Bonchev–Trinajstić information content (AvgIpc) is 2.96. The SMILES string of the molecule is CC[C@H](C(=O)N[C@@H](C)CC)N(Cc1ccc(OC)cc1)C(=O)CN(c1ccccc1C)S(=O)(=O)c1ccccc1. The van der Waals surface area contributed by atoms with Crippen molar-refractivity contribution in [2.24, 2.45) is 0 Å². The van der Waals surface area contributed by atoms with E-state index in [-0.39, 0.29) is 23.4 Å². The van der Waals surface area contributed by atoms with Crippen LogP contribution in [-0.4, -0.2) is 50.9 Å². The largest absolute Gasteiger partial charge is 0.497 e. The number of nitrogens with one attached hydrogen (secondary N) is 1. The first-order valence-electron chi connectivity index (χ1n) is 13.5. The summed E-state index contributed by atoms with van der Waals surface area (Å²) in [4.78, 5) is 29.0. The smallest absolute Gasteiger partial charge is 0.264 e. The second kappa shape index (κ2) is 14.0. The summed E-state index contributed by atoms with van der Waals surface area (Å²) in [5.41, 5.74) is 1.90. The summed E-state index contributed by atoms with van der Waals surface area (Å²) in [6.45, 7) is 7.19. The Morgan fingerprint density at radius 2 is 1.52 bits per heavy atom. The van der Waals surface area contributed by atoms with Gasteiger partial charge in [-0.3, -0.25) is 13.9 Å². The quantitative estimate of drug-likeness (QED) is 0.317. The molecule has 0 saturated carbocycles. The van der Waals surface area contributed by atoms with Crippen molar-refractivity contribution in [3.05, 3.63) is 90.0 Å². The fourth-order valence-corrected chi connectivity index (χ4v) is 5.86. The maximum atomic E-state index is 14.1. The molecule has 0 bridgehead atoms. The summed E-state index contributed by atoms with van der Waals surface area (Å²) in [5, 5.41) is 2.99.